The Kier molecular flexibility index (Phi) is 5.23. The van der Waals surface area contributed by atoms with E-state index in [4.69, 9.17) is 0 Å². The van der Waals surface area contributed by atoms with Crippen molar-refractivity contribution in [1.82, 2.24) is 15.1 Å². The summed E-state index contributed by atoms with van der Waals surface area (Å²) in [6, 6.07) is 10.9. The van der Waals surface area contributed by atoms with Crippen molar-refractivity contribution in [2.45, 2.75) is 51.1 Å². The zero-order chi connectivity index (χ0) is 19.5. The molecule has 2 aromatic rings. The molecule has 2 aliphatic rings. The first-order chi connectivity index (χ1) is 13.6. The van der Waals surface area contributed by atoms with E-state index in [1.807, 2.05) is 24.3 Å². The van der Waals surface area contributed by atoms with Crippen molar-refractivity contribution in [2.75, 3.05) is 11.4 Å². The molecule has 0 unspecified atom stereocenters. The molecule has 4 rings (SSSR count). The van der Waals surface area contributed by atoms with E-state index in [0.717, 1.165) is 43.4 Å². The van der Waals surface area contributed by atoms with E-state index in [9.17, 15) is 14.4 Å². The molecule has 1 aliphatic carbocycles. The molecule has 1 saturated carbocycles. The fourth-order valence-electron chi connectivity index (χ4n) is 3.99. The highest BCUT2D eigenvalue weighted by Gasteiger charge is 2.26. The Morgan fingerprint density at radius 2 is 1.89 bits per heavy atom. The quantitative estimate of drug-likeness (QED) is 0.859. The number of hydrogen-bond donors (Lipinski definition) is 1. The molecule has 0 saturated heterocycles. The van der Waals surface area contributed by atoms with Gasteiger partial charge in [0.25, 0.3) is 11.5 Å². The topological polar surface area (TPSA) is 84.3 Å². The molecule has 0 atom stereocenters. The van der Waals surface area contributed by atoms with E-state index in [-0.39, 0.29) is 42.1 Å². The average molecular weight is 380 g/mol. The number of benzene rings is 1. The Hall–Kier alpha value is -2.96. The lowest BCUT2D eigenvalue weighted by Crippen LogP contribution is -2.35. The fraction of sp³-hybridized carbons (Fsp3) is 0.429. The van der Waals surface area contributed by atoms with Crippen molar-refractivity contribution < 1.29 is 9.59 Å². The zero-order valence-electron chi connectivity index (χ0n) is 15.8. The third-order valence-corrected chi connectivity index (χ3v) is 5.49. The minimum atomic E-state index is -0.313. The Labute approximate surface area is 163 Å². The summed E-state index contributed by atoms with van der Waals surface area (Å²) in [6.45, 7) is 0.762. The maximum Gasteiger partial charge on any atom is 0.278 e. The molecule has 1 fully saturated rings. The molecule has 0 spiro atoms. The molecule has 146 valence electrons. The Morgan fingerprint density at radius 1 is 1.11 bits per heavy atom. The van der Waals surface area contributed by atoms with Gasteiger partial charge in [0.2, 0.25) is 5.91 Å². The molecular formula is C21H24N4O3. The first-order valence-electron chi connectivity index (χ1n) is 9.89. The van der Waals surface area contributed by atoms with E-state index in [0.29, 0.717) is 6.54 Å². The SMILES string of the molecule is O=C(CCn1nc(C(=O)N2CCc3ccccc32)ccc1=O)NC1CCCC1. The van der Waals surface area contributed by atoms with Crippen LogP contribution in [0.5, 0.6) is 0 Å². The number of carbonyl (C=O) groups is 2. The number of aryl methyl sites for hydroxylation is 1. The van der Waals surface area contributed by atoms with Gasteiger partial charge in [-0.3, -0.25) is 14.4 Å². The standard InChI is InChI=1S/C21H24N4O3/c26-19(22-16-6-2-3-7-16)12-14-25-20(27)10-9-17(23-25)21(28)24-13-11-15-5-1-4-8-18(15)24/h1,4-5,8-10,16H,2-3,6-7,11-14H2,(H,22,26). The molecule has 1 aromatic heterocycles. The largest absolute Gasteiger partial charge is 0.353 e. The van der Waals surface area contributed by atoms with Crippen LogP contribution in [0.25, 0.3) is 0 Å². The second kappa shape index (κ2) is 7.96. The summed E-state index contributed by atoms with van der Waals surface area (Å²) in [5, 5.41) is 7.23. The lowest BCUT2D eigenvalue weighted by Gasteiger charge is -2.17. The maximum atomic E-state index is 12.9. The van der Waals surface area contributed by atoms with Gasteiger partial charge < -0.3 is 10.2 Å². The van der Waals surface area contributed by atoms with Crippen molar-refractivity contribution in [3.63, 3.8) is 0 Å². The van der Waals surface area contributed by atoms with Gasteiger partial charge in [-0.15, -0.1) is 0 Å². The fourth-order valence-corrected chi connectivity index (χ4v) is 3.99. The highest BCUT2D eigenvalue weighted by atomic mass is 16.2. The third kappa shape index (κ3) is 3.83. The maximum absolute atomic E-state index is 12.9. The molecule has 7 nitrogen and oxygen atoms in total. The molecule has 0 bridgehead atoms. The van der Waals surface area contributed by atoms with Gasteiger partial charge >= 0.3 is 0 Å². The van der Waals surface area contributed by atoms with Crippen molar-refractivity contribution in [3.8, 4) is 0 Å². The van der Waals surface area contributed by atoms with Crippen LogP contribution in [0.3, 0.4) is 0 Å². The van der Waals surface area contributed by atoms with E-state index in [2.05, 4.69) is 10.4 Å². The Bertz CT molecular complexity index is 947. The van der Waals surface area contributed by atoms with Crippen molar-refractivity contribution in [1.29, 1.82) is 0 Å². The highest BCUT2D eigenvalue weighted by Crippen LogP contribution is 2.28. The van der Waals surface area contributed by atoms with Crippen LogP contribution in [0.1, 0.15) is 48.2 Å². The lowest BCUT2D eigenvalue weighted by molar-refractivity contribution is -0.122. The van der Waals surface area contributed by atoms with Gasteiger partial charge in [-0.25, -0.2) is 4.68 Å². The van der Waals surface area contributed by atoms with Crippen LogP contribution < -0.4 is 15.8 Å². The van der Waals surface area contributed by atoms with Crippen molar-refractivity contribution in [2.24, 2.45) is 0 Å². The van der Waals surface area contributed by atoms with Crippen LogP contribution in [0, 0.1) is 0 Å². The number of amides is 2. The summed E-state index contributed by atoms with van der Waals surface area (Å²) in [5.74, 6) is -0.306. The van der Waals surface area contributed by atoms with E-state index in [1.54, 1.807) is 4.90 Å². The van der Waals surface area contributed by atoms with Gasteiger partial charge in [0.15, 0.2) is 0 Å². The smallest absolute Gasteiger partial charge is 0.278 e. The molecule has 1 N–H and O–H groups in total. The molecule has 0 radical (unpaired) electrons. The van der Waals surface area contributed by atoms with E-state index in [1.165, 1.54) is 16.8 Å². The number of rotatable bonds is 5. The summed E-state index contributed by atoms with van der Waals surface area (Å²) < 4.78 is 1.21. The molecule has 1 aliphatic heterocycles. The number of aromatic nitrogens is 2. The summed E-state index contributed by atoms with van der Waals surface area (Å²) in [7, 11) is 0. The van der Waals surface area contributed by atoms with Gasteiger partial charge in [0, 0.05) is 30.8 Å². The summed E-state index contributed by atoms with van der Waals surface area (Å²) >= 11 is 0. The van der Waals surface area contributed by atoms with Crippen LogP contribution in [-0.2, 0) is 17.8 Å². The summed E-state index contributed by atoms with van der Waals surface area (Å²) in [5.41, 5.74) is 1.93. The van der Waals surface area contributed by atoms with Crippen LogP contribution in [-0.4, -0.2) is 34.2 Å². The summed E-state index contributed by atoms with van der Waals surface area (Å²) in [6.07, 6.45) is 5.32. The summed E-state index contributed by atoms with van der Waals surface area (Å²) in [4.78, 5) is 38.8. The number of fused-ring (bicyclic) bond motifs is 1. The molecular weight excluding hydrogens is 356 g/mol. The molecule has 28 heavy (non-hydrogen) atoms. The number of hydrogen-bond acceptors (Lipinski definition) is 4. The van der Waals surface area contributed by atoms with Crippen LogP contribution >= 0.6 is 0 Å². The average Bonchev–Trinajstić information content (AvgIpc) is 3.36. The zero-order valence-corrected chi connectivity index (χ0v) is 15.8. The molecule has 2 heterocycles. The van der Waals surface area contributed by atoms with E-state index >= 15 is 0 Å². The molecule has 1 aromatic carbocycles. The first-order valence-corrected chi connectivity index (χ1v) is 9.89. The van der Waals surface area contributed by atoms with Crippen LogP contribution in [0.4, 0.5) is 5.69 Å². The van der Waals surface area contributed by atoms with Gasteiger partial charge in [-0.05, 0) is 37.0 Å². The van der Waals surface area contributed by atoms with Gasteiger partial charge in [0.1, 0.15) is 5.69 Å². The monoisotopic (exact) mass is 380 g/mol. The predicted octanol–water partition coefficient (Wildman–Crippen LogP) is 1.90. The second-order valence-corrected chi connectivity index (χ2v) is 7.41. The number of nitrogens with zero attached hydrogens (tertiary/aromatic N) is 3. The van der Waals surface area contributed by atoms with E-state index < -0.39 is 0 Å². The van der Waals surface area contributed by atoms with Crippen molar-refractivity contribution >= 4 is 17.5 Å². The Balaban J connectivity index is 1.44. The number of para-hydroxylation sites is 1. The van der Waals surface area contributed by atoms with Crippen molar-refractivity contribution in [3.05, 3.63) is 58.0 Å². The normalized spacial score (nSPS) is 16.2. The number of anilines is 1. The minimum absolute atomic E-state index is 0.0780. The lowest BCUT2D eigenvalue weighted by atomic mass is 10.2. The Morgan fingerprint density at radius 3 is 2.71 bits per heavy atom. The molecule has 2 amide bonds. The highest BCUT2D eigenvalue weighted by molar-refractivity contribution is 6.05. The van der Waals surface area contributed by atoms with Gasteiger partial charge in [-0.2, -0.15) is 5.10 Å². The number of nitrogens with one attached hydrogen (secondary N) is 1. The third-order valence-electron chi connectivity index (χ3n) is 5.49. The predicted molar refractivity (Wildman–Crippen MR) is 105 cm³/mol. The van der Waals surface area contributed by atoms with Crippen LogP contribution in [0.15, 0.2) is 41.2 Å². The first kappa shape index (κ1) is 18.4. The minimum Gasteiger partial charge on any atom is -0.353 e. The second-order valence-electron chi connectivity index (χ2n) is 7.41. The van der Waals surface area contributed by atoms with Crippen LogP contribution in [0.2, 0.25) is 0 Å². The number of carbonyl (C=O) groups excluding carboxylic acids is 2. The molecule has 7 heteroatoms. The van der Waals surface area contributed by atoms with Gasteiger partial charge in [-0.1, -0.05) is 31.0 Å². The van der Waals surface area contributed by atoms with Gasteiger partial charge in [0.05, 0.1) is 6.54 Å².